The first-order chi connectivity index (χ1) is 17.7. The third-order valence-corrected chi connectivity index (χ3v) is 7.86. The second kappa shape index (κ2) is 11.6. The number of carbonyl (C=O) groups is 1. The molecule has 1 heterocycles. The summed E-state index contributed by atoms with van der Waals surface area (Å²) in [5, 5.41) is 11.5. The molecule has 1 amide bonds. The molecule has 2 N–H and O–H groups in total. The summed E-state index contributed by atoms with van der Waals surface area (Å²) in [4.78, 5) is 17.6. The van der Waals surface area contributed by atoms with Gasteiger partial charge in [-0.05, 0) is 30.0 Å². The number of primary amides is 1. The monoisotopic (exact) mass is 564 g/mol. The van der Waals surface area contributed by atoms with E-state index in [1.165, 1.54) is 47.7 Å². The van der Waals surface area contributed by atoms with E-state index in [-0.39, 0.29) is 22.8 Å². The molecule has 0 aliphatic heterocycles. The van der Waals surface area contributed by atoms with Crippen LogP contribution in [0.25, 0.3) is 21.8 Å². The van der Waals surface area contributed by atoms with Crippen LogP contribution in [0.2, 0.25) is 0 Å². The minimum absolute atomic E-state index is 0.0732. The first kappa shape index (κ1) is 29.3. The molecule has 3 rings (SSSR count). The molecule has 0 bridgehead atoms. The highest BCUT2D eigenvalue weighted by Crippen LogP contribution is 2.40. The number of hydrogen-bond donors (Lipinski definition) is 1. The Morgan fingerprint density at radius 2 is 1.82 bits per heavy atom. The highest BCUT2D eigenvalue weighted by molar-refractivity contribution is 7.90. The van der Waals surface area contributed by atoms with Gasteiger partial charge in [-0.2, -0.15) is 18.4 Å². The number of rotatable bonds is 10. The van der Waals surface area contributed by atoms with Gasteiger partial charge in [0.05, 0.1) is 29.2 Å². The summed E-state index contributed by atoms with van der Waals surface area (Å²) in [6.45, 7) is 2.89. The number of nitrogens with zero attached hydrogens (tertiary/aromatic N) is 3. The zero-order valence-electron chi connectivity index (χ0n) is 20.9. The number of thiazole rings is 1. The average Bonchev–Trinajstić information content (AvgIpc) is 3.32. The van der Waals surface area contributed by atoms with Gasteiger partial charge in [-0.15, -0.1) is 11.3 Å². The van der Waals surface area contributed by atoms with E-state index >= 15 is 0 Å². The van der Waals surface area contributed by atoms with Gasteiger partial charge < -0.3 is 5.73 Å². The average molecular weight is 565 g/mol. The Bertz CT molecular complexity index is 1430. The fraction of sp³-hybridized carbons (Fsp3) is 0.346. The Morgan fingerprint density at radius 1 is 1.16 bits per heavy atom. The van der Waals surface area contributed by atoms with Crippen LogP contribution in [0.15, 0.2) is 58.8 Å². The Balaban J connectivity index is 1.96. The number of nitrogens with two attached hydrogens (primary N) is 1. The van der Waals surface area contributed by atoms with E-state index in [1.54, 1.807) is 37.4 Å². The van der Waals surface area contributed by atoms with E-state index in [2.05, 4.69) is 4.98 Å². The van der Waals surface area contributed by atoms with Crippen molar-refractivity contribution in [2.75, 3.05) is 12.8 Å². The molecular formula is C26H27F3N4O3S2. The SMILES string of the molecule is CC(C)C[C@@H](C(N)=O)N(CC#N)C(c1ccc(-c2csc(-c3cccc(S(C)(=O)=O)c3)n2)cc1)C(F)(F)F. The predicted molar refractivity (Wildman–Crippen MR) is 140 cm³/mol. The van der Waals surface area contributed by atoms with Crippen LogP contribution in [-0.4, -0.2) is 49.2 Å². The number of halogens is 3. The van der Waals surface area contributed by atoms with Crippen molar-refractivity contribution < 1.29 is 26.4 Å². The van der Waals surface area contributed by atoms with E-state index in [0.717, 1.165) is 11.2 Å². The van der Waals surface area contributed by atoms with Crippen molar-refractivity contribution in [2.45, 2.75) is 43.4 Å². The fourth-order valence-electron chi connectivity index (χ4n) is 4.13. The molecule has 0 radical (unpaired) electrons. The molecule has 1 unspecified atom stereocenters. The quantitative estimate of drug-likeness (QED) is 0.338. The smallest absolute Gasteiger partial charge is 0.368 e. The summed E-state index contributed by atoms with van der Waals surface area (Å²) in [5.74, 6) is -1.04. The predicted octanol–water partition coefficient (Wildman–Crippen LogP) is 5.21. The Hall–Kier alpha value is -3.27. The second-order valence-corrected chi connectivity index (χ2v) is 12.2. The molecule has 0 saturated heterocycles. The van der Waals surface area contributed by atoms with Crippen molar-refractivity contribution >= 4 is 27.1 Å². The van der Waals surface area contributed by atoms with E-state index in [4.69, 9.17) is 5.73 Å². The molecule has 38 heavy (non-hydrogen) atoms. The van der Waals surface area contributed by atoms with Crippen LogP contribution >= 0.6 is 11.3 Å². The van der Waals surface area contributed by atoms with Gasteiger partial charge >= 0.3 is 6.18 Å². The van der Waals surface area contributed by atoms with Gasteiger partial charge in [0, 0.05) is 22.8 Å². The van der Waals surface area contributed by atoms with Crippen molar-refractivity contribution in [3.8, 4) is 27.9 Å². The lowest BCUT2D eigenvalue weighted by Crippen LogP contribution is -2.51. The number of sulfone groups is 1. The first-order valence-electron chi connectivity index (χ1n) is 11.6. The van der Waals surface area contributed by atoms with Crippen LogP contribution in [0.3, 0.4) is 0 Å². The number of amides is 1. The number of alkyl halides is 3. The standard InChI is InChI=1S/C26H27F3N4O3S2/c1-16(2)13-22(24(31)34)33(12-11-30)23(26(27,28)29)18-9-7-17(8-10-18)21-15-37-25(32-21)19-5-4-6-20(14-19)38(3,35)36/h4-10,14-16,22-23H,12-13H2,1-3H3,(H2,31,34)/t22-,23?/m0/s1. The van der Waals surface area contributed by atoms with Gasteiger partial charge in [0.1, 0.15) is 11.0 Å². The molecule has 0 aliphatic rings. The van der Waals surface area contributed by atoms with E-state index in [9.17, 15) is 31.6 Å². The molecule has 7 nitrogen and oxygen atoms in total. The summed E-state index contributed by atoms with van der Waals surface area (Å²) in [6, 6.07) is 10.2. The minimum Gasteiger partial charge on any atom is -0.368 e. The Labute approximate surface area is 223 Å². The van der Waals surface area contributed by atoms with E-state index in [1.807, 2.05) is 0 Å². The third kappa shape index (κ3) is 6.98. The molecule has 1 aromatic heterocycles. The van der Waals surface area contributed by atoms with Crippen LogP contribution < -0.4 is 5.73 Å². The van der Waals surface area contributed by atoms with Gasteiger partial charge in [0.2, 0.25) is 5.91 Å². The van der Waals surface area contributed by atoms with E-state index < -0.39 is 40.5 Å². The molecular weight excluding hydrogens is 537 g/mol. The minimum atomic E-state index is -4.78. The van der Waals surface area contributed by atoms with Gasteiger partial charge in [0.25, 0.3) is 0 Å². The zero-order valence-corrected chi connectivity index (χ0v) is 22.6. The summed E-state index contributed by atoms with van der Waals surface area (Å²) in [5.41, 5.74) is 6.99. The number of aromatic nitrogens is 1. The van der Waals surface area contributed by atoms with Crippen molar-refractivity contribution in [1.29, 1.82) is 5.26 Å². The Kier molecular flexibility index (Phi) is 8.97. The maximum atomic E-state index is 14.3. The molecule has 202 valence electrons. The number of hydrogen-bond acceptors (Lipinski definition) is 7. The third-order valence-electron chi connectivity index (χ3n) is 5.85. The van der Waals surface area contributed by atoms with Crippen LogP contribution in [0.4, 0.5) is 13.2 Å². The molecule has 12 heteroatoms. The maximum Gasteiger partial charge on any atom is 0.408 e. The topological polar surface area (TPSA) is 117 Å². The molecule has 2 atom stereocenters. The largest absolute Gasteiger partial charge is 0.408 e. The second-order valence-electron chi connectivity index (χ2n) is 9.28. The van der Waals surface area contributed by atoms with Crippen LogP contribution in [-0.2, 0) is 14.6 Å². The molecule has 0 aliphatic carbocycles. The maximum absolute atomic E-state index is 14.3. The highest BCUT2D eigenvalue weighted by Gasteiger charge is 2.48. The number of carbonyl (C=O) groups excluding carboxylic acids is 1. The van der Waals surface area contributed by atoms with Gasteiger partial charge in [0.15, 0.2) is 9.84 Å². The zero-order chi connectivity index (χ0) is 28.3. The molecule has 0 saturated carbocycles. The number of benzene rings is 2. The summed E-state index contributed by atoms with van der Waals surface area (Å²) < 4.78 is 66.7. The molecule has 3 aromatic rings. The molecule has 0 spiro atoms. The van der Waals surface area contributed by atoms with Crippen LogP contribution in [0.5, 0.6) is 0 Å². The summed E-state index contributed by atoms with van der Waals surface area (Å²) >= 11 is 1.27. The lowest BCUT2D eigenvalue weighted by atomic mass is 9.96. The van der Waals surface area contributed by atoms with Gasteiger partial charge in [-0.3, -0.25) is 9.69 Å². The lowest BCUT2D eigenvalue weighted by molar-refractivity contribution is -0.192. The van der Waals surface area contributed by atoms with Crippen molar-refractivity contribution in [2.24, 2.45) is 11.7 Å². The van der Waals surface area contributed by atoms with Crippen molar-refractivity contribution in [3.05, 3.63) is 59.5 Å². The lowest BCUT2D eigenvalue weighted by Gasteiger charge is -2.37. The fourth-order valence-corrected chi connectivity index (χ4v) is 5.62. The van der Waals surface area contributed by atoms with Crippen molar-refractivity contribution in [1.82, 2.24) is 9.88 Å². The van der Waals surface area contributed by atoms with Crippen molar-refractivity contribution in [3.63, 3.8) is 0 Å². The Morgan fingerprint density at radius 3 is 2.34 bits per heavy atom. The number of nitriles is 1. The highest BCUT2D eigenvalue weighted by atomic mass is 32.2. The van der Waals surface area contributed by atoms with Gasteiger partial charge in [-0.25, -0.2) is 13.4 Å². The van der Waals surface area contributed by atoms with Crippen LogP contribution in [0, 0.1) is 17.2 Å². The summed E-state index contributed by atoms with van der Waals surface area (Å²) in [6.07, 6.45) is -3.59. The van der Waals surface area contributed by atoms with Crippen LogP contribution in [0.1, 0.15) is 31.9 Å². The van der Waals surface area contributed by atoms with Gasteiger partial charge in [-0.1, -0.05) is 50.2 Å². The molecule has 0 fully saturated rings. The molecule has 2 aromatic carbocycles. The van der Waals surface area contributed by atoms with E-state index in [0.29, 0.717) is 21.8 Å². The first-order valence-corrected chi connectivity index (χ1v) is 14.3. The normalized spacial score (nSPS) is 13.9. The summed E-state index contributed by atoms with van der Waals surface area (Å²) in [7, 11) is -3.40.